The topological polar surface area (TPSA) is 15.3 Å². The number of halogens is 2. The van der Waals surface area contributed by atoms with Gasteiger partial charge in [0.05, 0.1) is 0 Å². The second-order valence-corrected chi connectivity index (χ2v) is 6.43. The predicted molar refractivity (Wildman–Crippen MR) is 80.0 cm³/mol. The molecule has 3 rings (SSSR count). The van der Waals surface area contributed by atoms with Crippen LogP contribution in [0.25, 0.3) is 0 Å². The summed E-state index contributed by atoms with van der Waals surface area (Å²) in [5.41, 5.74) is 0.222. The summed E-state index contributed by atoms with van der Waals surface area (Å²) in [6.07, 6.45) is 4.75. The van der Waals surface area contributed by atoms with Crippen molar-refractivity contribution < 1.29 is 8.78 Å². The average molecular weight is 294 g/mol. The molecule has 2 nitrogen and oxygen atoms in total. The van der Waals surface area contributed by atoms with E-state index in [9.17, 15) is 8.78 Å². The molecule has 1 aromatic carbocycles. The van der Waals surface area contributed by atoms with Crippen LogP contribution < -0.4 is 5.32 Å². The summed E-state index contributed by atoms with van der Waals surface area (Å²) in [7, 11) is 0. The first-order valence-electron chi connectivity index (χ1n) is 8.09. The summed E-state index contributed by atoms with van der Waals surface area (Å²) in [5.74, 6) is -0.139. The Morgan fingerprint density at radius 2 is 1.95 bits per heavy atom. The van der Waals surface area contributed by atoms with Crippen LogP contribution in [0.3, 0.4) is 0 Å². The van der Waals surface area contributed by atoms with Gasteiger partial charge in [-0.2, -0.15) is 0 Å². The molecule has 0 bridgehead atoms. The average Bonchev–Trinajstić information content (AvgIpc) is 3.28. The van der Waals surface area contributed by atoms with Crippen LogP contribution in [0, 0.1) is 17.6 Å². The summed E-state index contributed by atoms with van der Waals surface area (Å²) < 4.78 is 27.8. The number of nitrogens with one attached hydrogen (secondary N) is 1. The molecule has 2 fully saturated rings. The normalized spacial score (nSPS) is 27.0. The highest BCUT2D eigenvalue weighted by Crippen LogP contribution is 2.37. The van der Waals surface area contributed by atoms with E-state index in [0.29, 0.717) is 24.5 Å². The van der Waals surface area contributed by atoms with Gasteiger partial charge >= 0.3 is 0 Å². The number of rotatable bonds is 5. The zero-order valence-electron chi connectivity index (χ0n) is 12.6. The van der Waals surface area contributed by atoms with Gasteiger partial charge < -0.3 is 5.32 Å². The van der Waals surface area contributed by atoms with Crippen molar-refractivity contribution in [3.63, 3.8) is 0 Å². The lowest BCUT2D eigenvalue weighted by Gasteiger charge is -2.41. The van der Waals surface area contributed by atoms with Crippen LogP contribution in [0.4, 0.5) is 8.78 Å². The number of hydrogen-bond acceptors (Lipinski definition) is 2. The Balaban J connectivity index is 1.75. The number of benzene rings is 1. The largest absolute Gasteiger partial charge is 0.311 e. The molecule has 0 aromatic heterocycles. The van der Waals surface area contributed by atoms with Crippen molar-refractivity contribution in [2.75, 3.05) is 13.1 Å². The molecule has 4 heteroatoms. The molecule has 1 saturated heterocycles. The van der Waals surface area contributed by atoms with E-state index in [1.807, 2.05) is 0 Å². The van der Waals surface area contributed by atoms with Crippen LogP contribution in [0.2, 0.25) is 0 Å². The summed E-state index contributed by atoms with van der Waals surface area (Å²) in [4.78, 5) is 2.30. The van der Waals surface area contributed by atoms with Crippen molar-refractivity contribution in [3.05, 3.63) is 35.4 Å². The summed E-state index contributed by atoms with van der Waals surface area (Å²) in [6.45, 7) is 4.41. The van der Waals surface area contributed by atoms with Crippen molar-refractivity contribution in [3.8, 4) is 0 Å². The van der Waals surface area contributed by atoms with E-state index in [4.69, 9.17) is 0 Å². The van der Waals surface area contributed by atoms with E-state index in [-0.39, 0.29) is 5.56 Å². The van der Waals surface area contributed by atoms with E-state index in [1.54, 1.807) is 0 Å². The van der Waals surface area contributed by atoms with Crippen molar-refractivity contribution in [1.82, 2.24) is 10.2 Å². The van der Waals surface area contributed by atoms with Gasteiger partial charge in [-0.05, 0) is 37.3 Å². The van der Waals surface area contributed by atoms with E-state index in [1.165, 1.54) is 31.0 Å². The molecule has 2 unspecified atom stereocenters. The summed E-state index contributed by atoms with van der Waals surface area (Å²) in [5, 5.41) is 3.61. The lowest BCUT2D eigenvalue weighted by molar-refractivity contribution is 0.101. The molecule has 1 aromatic rings. The Morgan fingerprint density at radius 3 is 2.57 bits per heavy atom. The monoisotopic (exact) mass is 294 g/mol. The lowest BCUT2D eigenvalue weighted by Crippen LogP contribution is -2.56. The third-order valence-corrected chi connectivity index (χ3v) is 4.77. The first-order valence-corrected chi connectivity index (χ1v) is 8.09. The Morgan fingerprint density at radius 1 is 1.24 bits per heavy atom. The maximum absolute atomic E-state index is 13.9. The number of nitrogens with zero attached hydrogens (tertiary/aromatic N) is 1. The van der Waals surface area contributed by atoms with Gasteiger partial charge in [-0.15, -0.1) is 0 Å². The molecule has 1 saturated carbocycles. The molecule has 1 aliphatic heterocycles. The zero-order chi connectivity index (χ0) is 14.8. The third-order valence-electron chi connectivity index (χ3n) is 4.77. The maximum atomic E-state index is 13.9. The van der Waals surface area contributed by atoms with Crippen LogP contribution in [0.5, 0.6) is 0 Å². The highest BCUT2D eigenvalue weighted by molar-refractivity contribution is 5.20. The van der Waals surface area contributed by atoms with Gasteiger partial charge in [0.15, 0.2) is 0 Å². The molecular formula is C17H24F2N2. The minimum Gasteiger partial charge on any atom is -0.311 e. The minimum absolute atomic E-state index is 0.222. The Labute approximate surface area is 125 Å². The maximum Gasteiger partial charge on any atom is 0.130 e. The second-order valence-electron chi connectivity index (χ2n) is 6.43. The van der Waals surface area contributed by atoms with Crippen LogP contribution in [0.15, 0.2) is 18.2 Å². The van der Waals surface area contributed by atoms with Crippen LogP contribution in [0.1, 0.15) is 38.2 Å². The van der Waals surface area contributed by atoms with Crippen molar-refractivity contribution >= 4 is 0 Å². The van der Waals surface area contributed by atoms with Crippen LogP contribution >= 0.6 is 0 Å². The van der Waals surface area contributed by atoms with Gasteiger partial charge in [0, 0.05) is 37.3 Å². The Kier molecular flexibility index (Phi) is 4.55. The highest BCUT2D eigenvalue weighted by atomic mass is 19.1. The predicted octanol–water partition coefficient (Wildman–Crippen LogP) is 3.32. The van der Waals surface area contributed by atoms with E-state index >= 15 is 0 Å². The van der Waals surface area contributed by atoms with Gasteiger partial charge in [-0.3, -0.25) is 4.90 Å². The Hall–Kier alpha value is -1.00. The minimum atomic E-state index is -0.421. The van der Waals surface area contributed by atoms with E-state index in [2.05, 4.69) is 17.1 Å². The third kappa shape index (κ3) is 3.43. The van der Waals surface area contributed by atoms with E-state index in [0.717, 1.165) is 25.9 Å². The quantitative estimate of drug-likeness (QED) is 0.896. The molecular weight excluding hydrogens is 270 g/mol. The van der Waals surface area contributed by atoms with Gasteiger partial charge in [0.1, 0.15) is 11.6 Å². The smallest absolute Gasteiger partial charge is 0.130 e. The van der Waals surface area contributed by atoms with Gasteiger partial charge in [0.2, 0.25) is 0 Å². The molecule has 2 aliphatic rings. The molecule has 0 amide bonds. The fourth-order valence-corrected chi connectivity index (χ4v) is 3.46. The van der Waals surface area contributed by atoms with E-state index < -0.39 is 11.6 Å². The SMILES string of the molecule is CCCC1CN(Cc2c(F)cccc2F)C(C2CC2)CN1. The fourth-order valence-electron chi connectivity index (χ4n) is 3.46. The van der Waals surface area contributed by atoms with Gasteiger partial charge in [-0.25, -0.2) is 8.78 Å². The first-order chi connectivity index (χ1) is 10.2. The van der Waals surface area contributed by atoms with Crippen molar-refractivity contribution in [2.45, 2.75) is 51.2 Å². The molecule has 116 valence electrons. The molecule has 1 aliphatic carbocycles. The first kappa shape index (κ1) is 14.9. The molecule has 1 N–H and O–H groups in total. The van der Waals surface area contributed by atoms with Crippen LogP contribution in [-0.2, 0) is 6.54 Å². The van der Waals surface area contributed by atoms with Crippen molar-refractivity contribution in [1.29, 1.82) is 0 Å². The zero-order valence-corrected chi connectivity index (χ0v) is 12.6. The molecule has 1 heterocycles. The van der Waals surface area contributed by atoms with Crippen molar-refractivity contribution in [2.24, 2.45) is 5.92 Å². The van der Waals surface area contributed by atoms with Gasteiger partial charge in [-0.1, -0.05) is 19.4 Å². The second kappa shape index (κ2) is 6.41. The standard InChI is InChI=1S/C17H24F2N2/c1-2-4-13-10-21(17(9-20-13)12-7-8-12)11-14-15(18)5-3-6-16(14)19/h3,5-6,12-13,17,20H,2,4,7-11H2,1H3. The van der Waals surface area contributed by atoms with Gasteiger partial charge in [0.25, 0.3) is 0 Å². The summed E-state index contributed by atoms with van der Waals surface area (Å²) in [6, 6.07) is 5.02. The number of piperazine rings is 1. The Bertz CT molecular complexity index is 467. The molecule has 2 atom stereocenters. The van der Waals surface area contributed by atoms with Crippen LogP contribution in [-0.4, -0.2) is 30.1 Å². The molecule has 0 radical (unpaired) electrons. The highest BCUT2D eigenvalue weighted by Gasteiger charge is 2.38. The summed E-state index contributed by atoms with van der Waals surface area (Å²) >= 11 is 0. The fraction of sp³-hybridized carbons (Fsp3) is 0.647. The molecule has 0 spiro atoms. The number of hydrogen-bond donors (Lipinski definition) is 1. The molecule has 21 heavy (non-hydrogen) atoms. The lowest BCUT2D eigenvalue weighted by atomic mass is 10.0.